The van der Waals surface area contributed by atoms with Gasteiger partial charge in [-0.2, -0.15) is 0 Å². The van der Waals surface area contributed by atoms with Crippen LogP contribution in [0.15, 0.2) is 22.7 Å². The number of benzene rings is 1. The average Bonchev–Trinajstić information content (AvgIpc) is 2.45. The molecule has 0 aliphatic carbocycles. The fourth-order valence-electron chi connectivity index (χ4n) is 2.09. The zero-order chi connectivity index (χ0) is 15.7. The molecule has 0 saturated heterocycles. The van der Waals surface area contributed by atoms with Crippen LogP contribution in [-0.2, 0) is 9.47 Å². The van der Waals surface area contributed by atoms with E-state index in [0.717, 1.165) is 55.2 Å². The second-order valence-corrected chi connectivity index (χ2v) is 5.73. The zero-order valence-corrected chi connectivity index (χ0v) is 14.9. The molecule has 120 valence electrons. The fourth-order valence-corrected chi connectivity index (χ4v) is 2.82. The van der Waals surface area contributed by atoms with Crippen molar-refractivity contribution in [2.75, 3.05) is 44.4 Å². The Morgan fingerprint density at radius 1 is 1.14 bits per heavy atom. The highest BCUT2D eigenvalue weighted by atomic mass is 79.9. The topological polar surface area (TPSA) is 47.7 Å². The second-order valence-electron chi connectivity index (χ2n) is 4.88. The number of hydrogen-bond acceptors (Lipinski definition) is 4. The molecule has 0 saturated carbocycles. The van der Waals surface area contributed by atoms with E-state index in [4.69, 9.17) is 15.2 Å². The first-order valence-corrected chi connectivity index (χ1v) is 8.34. The molecule has 0 spiro atoms. The lowest BCUT2D eigenvalue weighted by Crippen LogP contribution is -2.31. The molecular weight excluding hydrogens is 332 g/mol. The standard InChI is InChI=1S/C16H27BrN2O2/c1-4-20-10-8-19(9-11-21-5-2)14-6-7-15(13(3)18)16(17)12-14/h6-7,12-13H,4-5,8-11,18H2,1-3H3/t13-/m0/s1. The molecule has 1 aromatic rings. The predicted octanol–water partition coefficient (Wildman–Crippen LogP) is 3.35. The van der Waals surface area contributed by atoms with Gasteiger partial charge in [0.05, 0.1) is 13.2 Å². The number of ether oxygens (including phenoxy) is 2. The van der Waals surface area contributed by atoms with Crippen molar-refractivity contribution in [3.05, 3.63) is 28.2 Å². The molecular formula is C16H27BrN2O2. The van der Waals surface area contributed by atoms with Crippen LogP contribution in [-0.4, -0.2) is 39.5 Å². The van der Waals surface area contributed by atoms with Gasteiger partial charge in [0.1, 0.15) is 0 Å². The molecule has 1 atom stereocenters. The summed E-state index contributed by atoms with van der Waals surface area (Å²) in [5, 5.41) is 0. The van der Waals surface area contributed by atoms with Gasteiger partial charge in [-0.3, -0.25) is 0 Å². The summed E-state index contributed by atoms with van der Waals surface area (Å²) in [6.07, 6.45) is 0. The minimum absolute atomic E-state index is 0.0220. The summed E-state index contributed by atoms with van der Waals surface area (Å²) in [5.74, 6) is 0. The lowest BCUT2D eigenvalue weighted by Gasteiger charge is -2.25. The monoisotopic (exact) mass is 358 g/mol. The Hall–Kier alpha value is -0.620. The van der Waals surface area contributed by atoms with Crippen molar-refractivity contribution in [1.29, 1.82) is 0 Å². The van der Waals surface area contributed by atoms with Crippen LogP contribution in [0.2, 0.25) is 0 Å². The molecule has 0 aliphatic rings. The predicted molar refractivity (Wildman–Crippen MR) is 91.9 cm³/mol. The summed E-state index contributed by atoms with van der Waals surface area (Å²) in [4.78, 5) is 2.28. The van der Waals surface area contributed by atoms with Crippen LogP contribution in [0, 0.1) is 0 Å². The lowest BCUT2D eigenvalue weighted by atomic mass is 10.1. The highest BCUT2D eigenvalue weighted by Gasteiger charge is 2.10. The third kappa shape index (κ3) is 6.34. The highest BCUT2D eigenvalue weighted by Crippen LogP contribution is 2.27. The Labute approximate surface area is 136 Å². The van der Waals surface area contributed by atoms with Gasteiger partial charge in [0, 0.05) is 42.5 Å². The Morgan fingerprint density at radius 3 is 2.14 bits per heavy atom. The lowest BCUT2D eigenvalue weighted by molar-refractivity contribution is 0.141. The van der Waals surface area contributed by atoms with Crippen LogP contribution in [0.1, 0.15) is 32.4 Å². The van der Waals surface area contributed by atoms with E-state index in [0.29, 0.717) is 0 Å². The summed E-state index contributed by atoms with van der Waals surface area (Å²) >= 11 is 3.61. The third-order valence-electron chi connectivity index (χ3n) is 3.26. The van der Waals surface area contributed by atoms with Gasteiger partial charge in [-0.15, -0.1) is 0 Å². The number of nitrogens with two attached hydrogens (primary N) is 1. The van der Waals surface area contributed by atoms with E-state index in [-0.39, 0.29) is 6.04 Å². The molecule has 5 heteroatoms. The SMILES string of the molecule is CCOCCN(CCOCC)c1ccc([C@H](C)N)c(Br)c1. The summed E-state index contributed by atoms with van der Waals surface area (Å²) in [6.45, 7) is 10.6. The number of anilines is 1. The maximum Gasteiger partial charge on any atom is 0.0641 e. The maximum atomic E-state index is 5.95. The number of hydrogen-bond donors (Lipinski definition) is 1. The average molecular weight is 359 g/mol. The van der Waals surface area contributed by atoms with Crippen molar-refractivity contribution in [3.8, 4) is 0 Å². The smallest absolute Gasteiger partial charge is 0.0641 e. The summed E-state index contributed by atoms with van der Waals surface area (Å²) in [7, 11) is 0. The van der Waals surface area contributed by atoms with Crippen LogP contribution >= 0.6 is 15.9 Å². The molecule has 0 amide bonds. The number of halogens is 1. The molecule has 0 heterocycles. The van der Waals surface area contributed by atoms with Gasteiger partial charge in [0.15, 0.2) is 0 Å². The molecule has 0 aromatic heterocycles. The molecule has 0 bridgehead atoms. The van der Waals surface area contributed by atoms with Gasteiger partial charge >= 0.3 is 0 Å². The summed E-state index contributed by atoms with van der Waals surface area (Å²) < 4.78 is 12.0. The maximum absolute atomic E-state index is 5.95. The van der Waals surface area contributed by atoms with Crippen LogP contribution in [0.5, 0.6) is 0 Å². The number of rotatable bonds is 10. The van der Waals surface area contributed by atoms with Crippen molar-refractivity contribution in [2.45, 2.75) is 26.8 Å². The molecule has 0 fully saturated rings. The van der Waals surface area contributed by atoms with Crippen molar-refractivity contribution < 1.29 is 9.47 Å². The Kier molecular flexibility index (Phi) is 8.92. The first kappa shape index (κ1) is 18.4. The molecule has 4 nitrogen and oxygen atoms in total. The first-order chi connectivity index (χ1) is 10.1. The summed E-state index contributed by atoms with van der Waals surface area (Å²) in [6, 6.07) is 6.34. The Morgan fingerprint density at radius 2 is 1.71 bits per heavy atom. The largest absolute Gasteiger partial charge is 0.380 e. The van der Waals surface area contributed by atoms with E-state index in [1.807, 2.05) is 20.8 Å². The molecule has 1 rings (SSSR count). The van der Waals surface area contributed by atoms with Gasteiger partial charge in [-0.05, 0) is 38.5 Å². The Bertz CT molecular complexity index is 403. The third-order valence-corrected chi connectivity index (χ3v) is 3.95. The second kappa shape index (κ2) is 10.2. The molecule has 21 heavy (non-hydrogen) atoms. The van der Waals surface area contributed by atoms with E-state index in [1.165, 1.54) is 0 Å². The normalized spacial score (nSPS) is 12.4. The van der Waals surface area contributed by atoms with E-state index >= 15 is 0 Å². The van der Waals surface area contributed by atoms with Crippen molar-refractivity contribution in [1.82, 2.24) is 0 Å². The highest BCUT2D eigenvalue weighted by molar-refractivity contribution is 9.10. The van der Waals surface area contributed by atoms with Gasteiger partial charge in [0.2, 0.25) is 0 Å². The van der Waals surface area contributed by atoms with Gasteiger partial charge < -0.3 is 20.1 Å². The van der Waals surface area contributed by atoms with Gasteiger partial charge in [-0.25, -0.2) is 0 Å². The molecule has 1 aromatic carbocycles. The number of nitrogens with zero attached hydrogens (tertiary/aromatic N) is 1. The van der Waals surface area contributed by atoms with E-state index in [2.05, 4.69) is 39.0 Å². The zero-order valence-electron chi connectivity index (χ0n) is 13.3. The quantitative estimate of drug-likeness (QED) is 0.651. The van der Waals surface area contributed by atoms with Crippen molar-refractivity contribution in [2.24, 2.45) is 5.73 Å². The minimum atomic E-state index is 0.0220. The van der Waals surface area contributed by atoms with E-state index in [9.17, 15) is 0 Å². The van der Waals surface area contributed by atoms with Crippen LogP contribution in [0.4, 0.5) is 5.69 Å². The summed E-state index contributed by atoms with van der Waals surface area (Å²) in [5.41, 5.74) is 8.23. The van der Waals surface area contributed by atoms with Gasteiger partial charge in [-0.1, -0.05) is 22.0 Å². The minimum Gasteiger partial charge on any atom is -0.380 e. The molecule has 2 N–H and O–H groups in total. The van der Waals surface area contributed by atoms with Gasteiger partial charge in [0.25, 0.3) is 0 Å². The fraction of sp³-hybridized carbons (Fsp3) is 0.625. The molecule has 0 radical (unpaired) electrons. The van der Waals surface area contributed by atoms with Crippen LogP contribution in [0.3, 0.4) is 0 Å². The van der Waals surface area contributed by atoms with Crippen molar-refractivity contribution >= 4 is 21.6 Å². The van der Waals surface area contributed by atoms with E-state index < -0.39 is 0 Å². The molecule has 0 aliphatic heterocycles. The Balaban J connectivity index is 2.77. The van der Waals surface area contributed by atoms with Crippen LogP contribution < -0.4 is 10.6 Å². The van der Waals surface area contributed by atoms with Crippen LogP contribution in [0.25, 0.3) is 0 Å². The molecule has 0 unspecified atom stereocenters. The van der Waals surface area contributed by atoms with Crippen molar-refractivity contribution in [3.63, 3.8) is 0 Å². The first-order valence-electron chi connectivity index (χ1n) is 7.55. The van der Waals surface area contributed by atoms with E-state index in [1.54, 1.807) is 0 Å².